The van der Waals surface area contributed by atoms with E-state index >= 15 is 0 Å². The smallest absolute Gasteiger partial charge is 0.338 e. The van der Waals surface area contributed by atoms with Crippen molar-refractivity contribution in [2.45, 2.75) is 13.8 Å². The molecule has 0 spiro atoms. The molecule has 4 aromatic rings. The van der Waals surface area contributed by atoms with Crippen molar-refractivity contribution < 1.29 is 14.6 Å². The first kappa shape index (κ1) is 19.8. The molecule has 2 aromatic carbocycles. The number of para-hydroxylation sites is 1. The van der Waals surface area contributed by atoms with Crippen LogP contribution in [0.15, 0.2) is 36.4 Å². The van der Waals surface area contributed by atoms with Crippen molar-refractivity contribution in [2.24, 2.45) is 0 Å². The molecule has 0 radical (unpaired) electrons. The van der Waals surface area contributed by atoms with Gasteiger partial charge in [-0.05, 0) is 38.1 Å². The minimum absolute atomic E-state index is 0.189. The number of hydrogen-bond donors (Lipinski definition) is 1. The van der Waals surface area contributed by atoms with Gasteiger partial charge in [-0.2, -0.15) is 0 Å². The summed E-state index contributed by atoms with van der Waals surface area (Å²) >= 11 is 6.43. The summed E-state index contributed by atoms with van der Waals surface area (Å²) in [5.41, 5.74) is 4.65. The molecule has 0 unspecified atom stereocenters. The Morgan fingerprint density at radius 2 is 1.87 bits per heavy atom. The van der Waals surface area contributed by atoms with E-state index < -0.39 is 5.97 Å². The number of aromatic carboxylic acids is 1. The van der Waals surface area contributed by atoms with Crippen LogP contribution >= 0.6 is 11.6 Å². The maximum Gasteiger partial charge on any atom is 0.338 e. The first-order valence-corrected chi connectivity index (χ1v) is 10.5. The summed E-state index contributed by atoms with van der Waals surface area (Å²) in [6.07, 6.45) is 0. The highest BCUT2D eigenvalue weighted by Gasteiger charge is 2.22. The number of aryl methyl sites for hydroxylation is 2. The highest BCUT2D eigenvalue weighted by atomic mass is 35.5. The van der Waals surface area contributed by atoms with Crippen molar-refractivity contribution >= 4 is 45.2 Å². The normalized spacial score (nSPS) is 14.5. The number of nitrogens with zero attached hydrogens (tertiary/aromatic N) is 4. The molecule has 0 atom stereocenters. The van der Waals surface area contributed by atoms with Crippen LogP contribution in [0.4, 0.5) is 5.69 Å². The SMILES string of the molecule is Cc1cc(-n2c(C)nc3c(C(=O)O)cc(N4CCOCC4)cc32)c2cccc(Cl)c2n1. The van der Waals surface area contributed by atoms with E-state index in [1.807, 2.05) is 48.7 Å². The summed E-state index contributed by atoms with van der Waals surface area (Å²) in [4.78, 5) is 23.5. The van der Waals surface area contributed by atoms with Gasteiger partial charge >= 0.3 is 5.97 Å². The molecule has 0 bridgehead atoms. The number of rotatable bonds is 3. The summed E-state index contributed by atoms with van der Waals surface area (Å²) in [5, 5.41) is 11.4. The Morgan fingerprint density at radius 3 is 2.61 bits per heavy atom. The Labute approximate surface area is 183 Å². The number of carboxylic acid groups (broad SMARTS) is 1. The second kappa shape index (κ2) is 7.51. The molecule has 1 saturated heterocycles. The molecular weight excluding hydrogens is 416 g/mol. The lowest BCUT2D eigenvalue weighted by atomic mass is 10.1. The molecule has 1 N–H and O–H groups in total. The third-order valence-electron chi connectivity index (χ3n) is 5.66. The predicted octanol–water partition coefficient (Wildman–Crippen LogP) is 4.38. The number of carboxylic acids is 1. The van der Waals surface area contributed by atoms with E-state index in [4.69, 9.17) is 16.3 Å². The Kier molecular flexibility index (Phi) is 4.79. The lowest BCUT2D eigenvalue weighted by Crippen LogP contribution is -2.36. The molecule has 8 heteroatoms. The van der Waals surface area contributed by atoms with E-state index in [0.717, 1.165) is 28.0 Å². The molecule has 158 valence electrons. The number of halogens is 1. The number of pyridine rings is 1. The van der Waals surface area contributed by atoms with Crippen LogP contribution in [0.25, 0.3) is 27.6 Å². The van der Waals surface area contributed by atoms with Crippen LogP contribution < -0.4 is 4.90 Å². The van der Waals surface area contributed by atoms with Crippen molar-refractivity contribution in [2.75, 3.05) is 31.2 Å². The van der Waals surface area contributed by atoms with E-state index in [1.54, 1.807) is 6.07 Å². The molecule has 0 aliphatic carbocycles. The summed E-state index contributed by atoms with van der Waals surface area (Å²) in [7, 11) is 0. The van der Waals surface area contributed by atoms with Crippen molar-refractivity contribution in [1.29, 1.82) is 0 Å². The summed E-state index contributed by atoms with van der Waals surface area (Å²) < 4.78 is 7.46. The lowest BCUT2D eigenvalue weighted by Gasteiger charge is -2.29. The Bertz CT molecular complexity index is 1340. The van der Waals surface area contributed by atoms with Crippen molar-refractivity contribution in [1.82, 2.24) is 14.5 Å². The molecule has 7 nitrogen and oxygen atoms in total. The molecule has 0 saturated carbocycles. The zero-order chi connectivity index (χ0) is 21.7. The first-order chi connectivity index (χ1) is 14.9. The van der Waals surface area contributed by atoms with Crippen LogP contribution in [-0.2, 0) is 4.74 Å². The number of aromatic nitrogens is 3. The van der Waals surface area contributed by atoms with Gasteiger partial charge in [0.1, 0.15) is 11.3 Å². The number of imidazole rings is 1. The van der Waals surface area contributed by atoms with E-state index in [0.29, 0.717) is 48.2 Å². The zero-order valence-electron chi connectivity index (χ0n) is 17.2. The summed E-state index contributed by atoms with van der Waals surface area (Å²) in [5.74, 6) is -0.299. The van der Waals surface area contributed by atoms with Crippen LogP contribution in [0.2, 0.25) is 5.02 Å². The molecule has 5 rings (SSSR count). The monoisotopic (exact) mass is 436 g/mol. The van der Waals surface area contributed by atoms with Gasteiger partial charge in [-0.3, -0.25) is 9.55 Å². The summed E-state index contributed by atoms with van der Waals surface area (Å²) in [6.45, 7) is 6.46. The molecule has 31 heavy (non-hydrogen) atoms. The number of carbonyl (C=O) groups is 1. The van der Waals surface area contributed by atoms with Crippen molar-refractivity contribution in [3.05, 3.63) is 58.5 Å². The zero-order valence-corrected chi connectivity index (χ0v) is 18.0. The maximum absolute atomic E-state index is 12.1. The number of benzene rings is 2. The van der Waals surface area contributed by atoms with E-state index in [1.165, 1.54) is 0 Å². The third kappa shape index (κ3) is 3.30. The second-order valence-electron chi connectivity index (χ2n) is 7.68. The summed E-state index contributed by atoms with van der Waals surface area (Å²) in [6, 6.07) is 11.4. The van der Waals surface area contributed by atoms with Crippen LogP contribution in [0, 0.1) is 13.8 Å². The van der Waals surface area contributed by atoms with Gasteiger partial charge in [0, 0.05) is 29.9 Å². The Morgan fingerprint density at radius 1 is 1.10 bits per heavy atom. The number of ether oxygens (including phenoxy) is 1. The van der Waals surface area contributed by atoms with Crippen LogP contribution in [0.1, 0.15) is 21.9 Å². The number of morpholine rings is 1. The highest BCUT2D eigenvalue weighted by Crippen LogP contribution is 2.34. The standard InChI is InChI=1S/C23H21ClN4O3/c1-13-10-19(16-4-3-5-18(24)21(16)25-13)28-14(2)26-22-17(23(29)30)11-15(12-20(22)28)27-6-8-31-9-7-27/h3-5,10-12H,6-9H2,1-2H3,(H,29,30). The first-order valence-electron chi connectivity index (χ1n) is 10.1. The van der Waals surface area contributed by atoms with E-state index in [-0.39, 0.29) is 5.56 Å². The topological polar surface area (TPSA) is 80.5 Å². The molecular formula is C23H21ClN4O3. The average molecular weight is 437 g/mol. The molecule has 1 aliphatic heterocycles. The fraction of sp³-hybridized carbons (Fsp3) is 0.261. The van der Waals surface area contributed by atoms with Gasteiger partial charge in [0.05, 0.1) is 40.5 Å². The number of fused-ring (bicyclic) bond motifs is 2. The largest absolute Gasteiger partial charge is 0.478 e. The van der Waals surface area contributed by atoms with Gasteiger partial charge in [0.25, 0.3) is 0 Å². The molecule has 3 heterocycles. The average Bonchev–Trinajstić information content (AvgIpc) is 3.09. The van der Waals surface area contributed by atoms with Crippen molar-refractivity contribution in [3.8, 4) is 5.69 Å². The van der Waals surface area contributed by atoms with Crippen molar-refractivity contribution in [3.63, 3.8) is 0 Å². The van der Waals surface area contributed by atoms with Gasteiger partial charge < -0.3 is 14.7 Å². The fourth-order valence-corrected chi connectivity index (χ4v) is 4.47. The lowest BCUT2D eigenvalue weighted by molar-refractivity contribution is 0.0699. The maximum atomic E-state index is 12.1. The number of anilines is 1. The molecule has 0 amide bonds. The fourth-order valence-electron chi connectivity index (χ4n) is 4.25. The van der Waals surface area contributed by atoms with E-state index in [9.17, 15) is 9.90 Å². The molecule has 2 aromatic heterocycles. The van der Waals surface area contributed by atoms with Gasteiger partial charge in [0.2, 0.25) is 0 Å². The third-order valence-corrected chi connectivity index (χ3v) is 5.96. The molecule has 1 aliphatic rings. The van der Waals surface area contributed by atoms with Gasteiger partial charge in [-0.15, -0.1) is 0 Å². The Balaban J connectivity index is 1.84. The van der Waals surface area contributed by atoms with Crippen LogP contribution in [0.3, 0.4) is 0 Å². The van der Waals surface area contributed by atoms with E-state index in [2.05, 4.69) is 14.9 Å². The van der Waals surface area contributed by atoms with Crippen LogP contribution in [-0.4, -0.2) is 51.9 Å². The minimum atomic E-state index is -0.997. The molecule has 1 fully saturated rings. The van der Waals surface area contributed by atoms with Gasteiger partial charge in [-0.1, -0.05) is 23.7 Å². The Hall–Kier alpha value is -3.16. The van der Waals surface area contributed by atoms with Crippen LogP contribution in [0.5, 0.6) is 0 Å². The van der Waals surface area contributed by atoms with Gasteiger partial charge in [0.15, 0.2) is 0 Å². The highest BCUT2D eigenvalue weighted by molar-refractivity contribution is 6.35. The predicted molar refractivity (Wildman–Crippen MR) is 121 cm³/mol. The number of hydrogen-bond acceptors (Lipinski definition) is 5. The minimum Gasteiger partial charge on any atom is -0.478 e. The second-order valence-corrected chi connectivity index (χ2v) is 8.09. The van der Waals surface area contributed by atoms with Gasteiger partial charge in [-0.25, -0.2) is 9.78 Å². The quantitative estimate of drug-likeness (QED) is 0.513.